The minimum atomic E-state index is 0.0838. The van der Waals surface area contributed by atoms with Crippen LogP contribution in [-0.4, -0.2) is 10.9 Å². The monoisotopic (exact) mass is 344 g/mol. The molecule has 1 atom stereocenters. The Bertz CT molecular complexity index is 559. The van der Waals surface area contributed by atoms with E-state index in [2.05, 4.69) is 32.9 Å². The number of carbonyl (C=O) groups is 1. The Morgan fingerprint density at radius 1 is 1.12 bits per heavy atom. The minimum absolute atomic E-state index is 0.0838. The van der Waals surface area contributed by atoms with Crippen LogP contribution in [0.4, 0.5) is 0 Å². The molecule has 1 saturated carbocycles. The molecule has 1 aliphatic rings. The second-order valence-corrected chi connectivity index (χ2v) is 8.51. The van der Waals surface area contributed by atoms with Crippen LogP contribution in [0.1, 0.15) is 108 Å². The van der Waals surface area contributed by atoms with E-state index in [9.17, 15) is 9.90 Å². The highest BCUT2D eigenvalue weighted by Gasteiger charge is 2.24. The molecule has 0 saturated heterocycles. The molecule has 0 heterocycles. The smallest absolute Gasteiger partial charge is 0.133 e. The van der Waals surface area contributed by atoms with E-state index in [4.69, 9.17) is 0 Å². The van der Waals surface area contributed by atoms with Crippen molar-refractivity contribution in [2.24, 2.45) is 0 Å². The van der Waals surface area contributed by atoms with Gasteiger partial charge in [-0.2, -0.15) is 0 Å². The van der Waals surface area contributed by atoms with Crippen LogP contribution in [0, 0.1) is 0 Å². The second-order valence-electron chi connectivity index (χ2n) is 8.51. The van der Waals surface area contributed by atoms with Gasteiger partial charge in [-0.05, 0) is 47.8 Å². The van der Waals surface area contributed by atoms with E-state index in [-0.39, 0.29) is 11.3 Å². The molecule has 1 fully saturated rings. The topological polar surface area (TPSA) is 37.3 Å². The summed E-state index contributed by atoms with van der Waals surface area (Å²) in [5, 5.41) is 10.7. The number of phenols is 1. The average Bonchev–Trinajstić information content (AvgIpc) is 2.55. The van der Waals surface area contributed by atoms with Crippen molar-refractivity contribution in [2.45, 2.75) is 103 Å². The van der Waals surface area contributed by atoms with Crippen molar-refractivity contribution in [1.82, 2.24) is 0 Å². The number of hydrogen-bond donors (Lipinski definition) is 1. The third-order valence-corrected chi connectivity index (χ3v) is 5.89. The van der Waals surface area contributed by atoms with Gasteiger partial charge in [-0.1, -0.05) is 71.4 Å². The predicted octanol–water partition coefficient (Wildman–Crippen LogP) is 6.65. The first-order valence-electron chi connectivity index (χ1n) is 10.3. The van der Waals surface area contributed by atoms with Gasteiger partial charge < -0.3 is 5.11 Å². The number of ketones is 1. The van der Waals surface area contributed by atoms with Crippen LogP contribution in [0.2, 0.25) is 0 Å². The van der Waals surface area contributed by atoms with Gasteiger partial charge in [0, 0.05) is 12.8 Å². The van der Waals surface area contributed by atoms with Gasteiger partial charge in [0.15, 0.2) is 0 Å². The van der Waals surface area contributed by atoms with Gasteiger partial charge in [0.25, 0.3) is 0 Å². The highest BCUT2D eigenvalue weighted by atomic mass is 16.3. The standard InChI is InChI=1S/C23H36O2/c1-4-5-6-10-15-23(2,3)19-13-14-21(22(25)17-19)18-11-8-7-9-12-20(24)16-18/h13-14,17-18,25H,4-12,15-16H2,1-3H3. The van der Waals surface area contributed by atoms with E-state index >= 15 is 0 Å². The summed E-state index contributed by atoms with van der Waals surface area (Å²) < 4.78 is 0. The van der Waals surface area contributed by atoms with Crippen LogP contribution in [-0.2, 0) is 10.2 Å². The van der Waals surface area contributed by atoms with Crippen LogP contribution in [0.5, 0.6) is 5.75 Å². The first kappa shape index (κ1) is 20.0. The van der Waals surface area contributed by atoms with Crippen LogP contribution in [0.3, 0.4) is 0 Å². The zero-order valence-electron chi connectivity index (χ0n) is 16.4. The first-order valence-corrected chi connectivity index (χ1v) is 10.3. The van der Waals surface area contributed by atoms with Crippen LogP contribution >= 0.6 is 0 Å². The fraction of sp³-hybridized carbons (Fsp3) is 0.696. The van der Waals surface area contributed by atoms with Gasteiger partial charge in [0.05, 0.1) is 0 Å². The normalized spacial score (nSPS) is 19.5. The molecular weight excluding hydrogens is 308 g/mol. The number of unbranched alkanes of at least 4 members (excludes halogenated alkanes) is 3. The maximum Gasteiger partial charge on any atom is 0.133 e. The quantitative estimate of drug-likeness (QED) is 0.562. The van der Waals surface area contributed by atoms with Gasteiger partial charge in [0.2, 0.25) is 0 Å². The number of phenolic OH excluding ortho intramolecular Hbond substituents is 1. The van der Waals surface area contributed by atoms with Gasteiger partial charge in [-0.15, -0.1) is 0 Å². The summed E-state index contributed by atoms with van der Waals surface area (Å²) in [5.41, 5.74) is 2.27. The molecule has 140 valence electrons. The summed E-state index contributed by atoms with van der Waals surface area (Å²) >= 11 is 0. The lowest BCUT2D eigenvalue weighted by molar-refractivity contribution is -0.119. The molecule has 1 unspecified atom stereocenters. The molecule has 2 heteroatoms. The molecule has 0 spiro atoms. The van der Waals surface area contributed by atoms with Crippen molar-refractivity contribution in [2.75, 3.05) is 0 Å². The number of aromatic hydroxyl groups is 1. The molecule has 0 radical (unpaired) electrons. The molecule has 2 nitrogen and oxygen atoms in total. The SMILES string of the molecule is CCCCCCC(C)(C)c1ccc(C2CCCCCC(=O)C2)c(O)c1. The highest BCUT2D eigenvalue weighted by Crippen LogP contribution is 2.38. The Kier molecular flexibility index (Phi) is 7.53. The van der Waals surface area contributed by atoms with E-state index in [1.165, 1.54) is 31.2 Å². The third-order valence-electron chi connectivity index (χ3n) is 5.89. The van der Waals surface area contributed by atoms with E-state index in [1.54, 1.807) is 0 Å². The van der Waals surface area contributed by atoms with E-state index in [1.807, 2.05) is 6.07 Å². The minimum Gasteiger partial charge on any atom is -0.508 e. The molecular formula is C23H36O2. The average molecular weight is 345 g/mol. The molecule has 0 aromatic heterocycles. The predicted molar refractivity (Wildman–Crippen MR) is 105 cm³/mol. The number of carbonyl (C=O) groups excluding carboxylic acids is 1. The Balaban J connectivity index is 2.09. The highest BCUT2D eigenvalue weighted by molar-refractivity contribution is 5.79. The first-order chi connectivity index (χ1) is 11.9. The maximum absolute atomic E-state index is 12.0. The Hall–Kier alpha value is -1.31. The van der Waals surface area contributed by atoms with Crippen LogP contribution in [0.15, 0.2) is 18.2 Å². The van der Waals surface area contributed by atoms with Crippen molar-refractivity contribution in [1.29, 1.82) is 0 Å². The van der Waals surface area contributed by atoms with Gasteiger partial charge >= 0.3 is 0 Å². The Morgan fingerprint density at radius 3 is 2.64 bits per heavy atom. The summed E-state index contributed by atoms with van der Waals surface area (Å²) in [6.07, 6.45) is 11.9. The van der Waals surface area contributed by atoms with Crippen molar-refractivity contribution < 1.29 is 9.90 Å². The summed E-state index contributed by atoms with van der Waals surface area (Å²) in [7, 11) is 0. The molecule has 1 aromatic carbocycles. The lowest BCUT2D eigenvalue weighted by atomic mass is 9.78. The molecule has 0 aliphatic heterocycles. The largest absolute Gasteiger partial charge is 0.508 e. The Labute approximate surface area is 154 Å². The van der Waals surface area contributed by atoms with Gasteiger partial charge in [0.1, 0.15) is 11.5 Å². The van der Waals surface area contributed by atoms with Crippen LogP contribution < -0.4 is 0 Å². The fourth-order valence-electron chi connectivity index (χ4n) is 4.08. The number of Topliss-reactive ketones (excluding diaryl/α,β-unsaturated/α-hetero) is 1. The molecule has 1 N–H and O–H groups in total. The van der Waals surface area contributed by atoms with Crippen LogP contribution in [0.25, 0.3) is 0 Å². The molecule has 2 rings (SSSR count). The maximum atomic E-state index is 12.0. The third kappa shape index (κ3) is 5.87. The summed E-state index contributed by atoms with van der Waals surface area (Å²) in [4.78, 5) is 12.0. The summed E-state index contributed by atoms with van der Waals surface area (Å²) in [6, 6.07) is 6.22. The number of benzene rings is 1. The molecule has 1 aliphatic carbocycles. The molecule has 1 aromatic rings. The van der Waals surface area contributed by atoms with E-state index in [0.717, 1.165) is 37.7 Å². The summed E-state index contributed by atoms with van der Waals surface area (Å²) in [6.45, 7) is 6.78. The summed E-state index contributed by atoms with van der Waals surface area (Å²) in [5.74, 6) is 0.927. The molecule has 0 bridgehead atoms. The van der Waals surface area contributed by atoms with Crippen molar-refractivity contribution in [3.63, 3.8) is 0 Å². The number of rotatable bonds is 7. The van der Waals surface area contributed by atoms with Crippen molar-refractivity contribution in [3.05, 3.63) is 29.3 Å². The van der Waals surface area contributed by atoms with Crippen molar-refractivity contribution >= 4 is 5.78 Å². The zero-order chi connectivity index (χ0) is 18.3. The lowest BCUT2D eigenvalue weighted by Gasteiger charge is -2.27. The van der Waals surface area contributed by atoms with Gasteiger partial charge in [-0.3, -0.25) is 4.79 Å². The molecule has 25 heavy (non-hydrogen) atoms. The van der Waals surface area contributed by atoms with E-state index < -0.39 is 0 Å². The Morgan fingerprint density at radius 2 is 1.92 bits per heavy atom. The lowest BCUT2D eigenvalue weighted by Crippen LogP contribution is -2.17. The number of hydrogen-bond acceptors (Lipinski definition) is 2. The van der Waals surface area contributed by atoms with Crippen molar-refractivity contribution in [3.8, 4) is 5.75 Å². The fourth-order valence-corrected chi connectivity index (χ4v) is 4.08. The zero-order valence-corrected chi connectivity index (χ0v) is 16.4. The second kappa shape index (κ2) is 9.40. The van der Waals surface area contributed by atoms with E-state index in [0.29, 0.717) is 24.4 Å². The van der Waals surface area contributed by atoms with Gasteiger partial charge in [-0.25, -0.2) is 0 Å². The molecule has 0 amide bonds.